The van der Waals surface area contributed by atoms with Gasteiger partial charge >= 0.3 is 0 Å². The number of hydrogen-bond donors (Lipinski definition) is 0. The predicted octanol–water partition coefficient (Wildman–Crippen LogP) is 1.88. The van der Waals surface area contributed by atoms with Gasteiger partial charge in [0.1, 0.15) is 11.5 Å². The van der Waals surface area contributed by atoms with Crippen LogP contribution >= 0.6 is 15.9 Å². The van der Waals surface area contributed by atoms with Crippen LogP contribution in [0.5, 0.6) is 11.5 Å². The topological polar surface area (TPSA) is 38.8 Å². The molecule has 0 spiro atoms. The molecule has 1 heterocycles. The molecule has 0 atom stereocenters. The van der Waals surface area contributed by atoms with Gasteiger partial charge < -0.3 is 14.4 Å². The average molecular weight is 286 g/mol. The van der Waals surface area contributed by atoms with E-state index >= 15 is 0 Å². The molecule has 1 aliphatic rings. The summed E-state index contributed by atoms with van der Waals surface area (Å²) < 4.78 is 10.6. The van der Waals surface area contributed by atoms with E-state index in [1.807, 2.05) is 0 Å². The Hall–Kier alpha value is -1.23. The van der Waals surface area contributed by atoms with Gasteiger partial charge in [-0.2, -0.15) is 0 Å². The summed E-state index contributed by atoms with van der Waals surface area (Å²) in [6.45, 7) is 0.939. The highest BCUT2D eigenvalue weighted by Crippen LogP contribution is 2.29. The van der Waals surface area contributed by atoms with Crippen molar-refractivity contribution in [3.8, 4) is 11.5 Å². The molecule has 0 fully saturated rings. The third kappa shape index (κ3) is 2.00. The van der Waals surface area contributed by atoms with Crippen molar-refractivity contribution in [3.63, 3.8) is 0 Å². The van der Waals surface area contributed by atoms with E-state index in [2.05, 4.69) is 15.9 Å². The van der Waals surface area contributed by atoms with Gasteiger partial charge in [0, 0.05) is 17.9 Å². The number of carbonyl (C=O) groups excluding carboxylic acids is 1. The SMILES string of the molecule is COc1ccc2c(c1)OCN(CCBr)C2=O. The molecule has 0 bridgehead atoms. The third-order valence-electron chi connectivity index (χ3n) is 2.44. The molecule has 1 aliphatic heterocycles. The van der Waals surface area contributed by atoms with Gasteiger partial charge in [0.05, 0.1) is 12.7 Å². The van der Waals surface area contributed by atoms with Crippen LogP contribution in [-0.2, 0) is 0 Å². The first-order valence-electron chi connectivity index (χ1n) is 4.92. The monoisotopic (exact) mass is 285 g/mol. The molecule has 0 radical (unpaired) electrons. The molecule has 16 heavy (non-hydrogen) atoms. The highest BCUT2D eigenvalue weighted by atomic mass is 79.9. The number of alkyl halides is 1. The number of hydrogen-bond acceptors (Lipinski definition) is 3. The lowest BCUT2D eigenvalue weighted by molar-refractivity contribution is 0.0541. The van der Waals surface area contributed by atoms with Crippen molar-refractivity contribution in [2.24, 2.45) is 0 Å². The molecule has 4 nitrogen and oxygen atoms in total. The van der Waals surface area contributed by atoms with Crippen LogP contribution in [-0.4, -0.2) is 36.5 Å². The minimum Gasteiger partial charge on any atom is -0.497 e. The fourth-order valence-electron chi connectivity index (χ4n) is 1.57. The van der Waals surface area contributed by atoms with Crippen molar-refractivity contribution < 1.29 is 14.3 Å². The van der Waals surface area contributed by atoms with E-state index in [-0.39, 0.29) is 5.91 Å². The van der Waals surface area contributed by atoms with Gasteiger partial charge in [0.25, 0.3) is 5.91 Å². The standard InChI is InChI=1S/C11H12BrNO3/c1-15-8-2-3-9-10(6-8)16-7-13(5-4-12)11(9)14/h2-3,6H,4-5,7H2,1H3. The first-order valence-corrected chi connectivity index (χ1v) is 6.04. The normalized spacial score (nSPS) is 14.4. The van der Waals surface area contributed by atoms with E-state index in [1.54, 1.807) is 30.2 Å². The largest absolute Gasteiger partial charge is 0.497 e. The Kier molecular flexibility index (Phi) is 3.33. The molecule has 1 aromatic carbocycles. The predicted molar refractivity (Wildman–Crippen MR) is 63.3 cm³/mol. The van der Waals surface area contributed by atoms with Gasteiger partial charge in [0.15, 0.2) is 6.73 Å². The van der Waals surface area contributed by atoms with Crippen molar-refractivity contribution in [2.45, 2.75) is 0 Å². The number of ether oxygens (including phenoxy) is 2. The number of nitrogens with zero attached hydrogens (tertiary/aromatic N) is 1. The number of rotatable bonds is 3. The first-order chi connectivity index (χ1) is 7.76. The number of methoxy groups -OCH3 is 1. The van der Waals surface area contributed by atoms with Crippen molar-refractivity contribution in [3.05, 3.63) is 23.8 Å². The summed E-state index contributed by atoms with van der Waals surface area (Å²) in [5, 5.41) is 0.744. The zero-order chi connectivity index (χ0) is 11.5. The molecule has 1 amide bonds. The van der Waals surface area contributed by atoms with E-state index in [1.165, 1.54) is 0 Å². The minimum atomic E-state index is 0.00310. The van der Waals surface area contributed by atoms with Gasteiger partial charge in [-0.1, -0.05) is 15.9 Å². The van der Waals surface area contributed by atoms with Crippen molar-refractivity contribution in [1.82, 2.24) is 4.90 Å². The Bertz CT molecular complexity index is 408. The van der Waals surface area contributed by atoms with Crippen LogP contribution in [0.3, 0.4) is 0 Å². The summed E-state index contributed by atoms with van der Waals surface area (Å²) in [4.78, 5) is 13.6. The Morgan fingerprint density at radius 1 is 1.56 bits per heavy atom. The van der Waals surface area contributed by atoms with Crippen molar-refractivity contribution in [2.75, 3.05) is 25.7 Å². The van der Waals surface area contributed by atoms with Gasteiger partial charge in [0.2, 0.25) is 0 Å². The van der Waals surface area contributed by atoms with E-state index in [0.717, 1.165) is 5.33 Å². The Morgan fingerprint density at radius 2 is 2.38 bits per heavy atom. The number of amides is 1. The zero-order valence-corrected chi connectivity index (χ0v) is 10.5. The van der Waals surface area contributed by atoms with Gasteiger partial charge in [-0.15, -0.1) is 0 Å². The van der Waals surface area contributed by atoms with Crippen molar-refractivity contribution in [1.29, 1.82) is 0 Å². The number of halogens is 1. The molecule has 5 heteroatoms. The summed E-state index contributed by atoms with van der Waals surface area (Å²) in [5.74, 6) is 1.29. The van der Waals surface area contributed by atoms with E-state index in [0.29, 0.717) is 30.3 Å². The maximum Gasteiger partial charge on any atom is 0.260 e. The number of carbonyl (C=O) groups is 1. The number of benzene rings is 1. The molecular weight excluding hydrogens is 274 g/mol. The second-order valence-corrected chi connectivity index (χ2v) is 4.19. The molecule has 0 saturated carbocycles. The fourth-order valence-corrected chi connectivity index (χ4v) is 2.00. The van der Waals surface area contributed by atoms with Gasteiger partial charge in [-0.05, 0) is 12.1 Å². The summed E-state index contributed by atoms with van der Waals surface area (Å²) >= 11 is 3.31. The van der Waals surface area contributed by atoms with Gasteiger partial charge in [-0.3, -0.25) is 4.79 Å². The average Bonchev–Trinajstić information content (AvgIpc) is 2.32. The lowest BCUT2D eigenvalue weighted by Crippen LogP contribution is -2.39. The van der Waals surface area contributed by atoms with Crippen LogP contribution in [0.2, 0.25) is 0 Å². The zero-order valence-electron chi connectivity index (χ0n) is 8.90. The summed E-state index contributed by atoms with van der Waals surface area (Å²) in [5.41, 5.74) is 0.591. The van der Waals surface area contributed by atoms with Crippen molar-refractivity contribution >= 4 is 21.8 Å². The second kappa shape index (κ2) is 4.74. The quantitative estimate of drug-likeness (QED) is 0.796. The molecular formula is C11H12BrNO3. The second-order valence-electron chi connectivity index (χ2n) is 3.39. The highest BCUT2D eigenvalue weighted by molar-refractivity contribution is 9.09. The van der Waals surface area contributed by atoms with Crippen LogP contribution < -0.4 is 9.47 Å². The van der Waals surface area contributed by atoms with Crippen LogP contribution in [0.1, 0.15) is 10.4 Å². The molecule has 0 aromatic heterocycles. The highest BCUT2D eigenvalue weighted by Gasteiger charge is 2.25. The van der Waals surface area contributed by atoms with Crippen LogP contribution in [0.4, 0.5) is 0 Å². The van der Waals surface area contributed by atoms with E-state index < -0.39 is 0 Å². The molecule has 1 aromatic rings. The molecule has 86 valence electrons. The summed E-state index contributed by atoms with van der Waals surface area (Å²) in [7, 11) is 1.59. The fraction of sp³-hybridized carbons (Fsp3) is 0.364. The molecule has 0 unspecified atom stereocenters. The van der Waals surface area contributed by atoms with Crippen LogP contribution in [0, 0.1) is 0 Å². The van der Waals surface area contributed by atoms with Crippen LogP contribution in [0.15, 0.2) is 18.2 Å². The maximum absolute atomic E-state index is 12.0. The Balaban J connectivity index is 2.28. The van der Waals surface area contributed by atoms with E-state index in [4.69, 9.17) is 9.47 Å². The summed E-state index contributed by atoms with van der Waals surface area (Å²) in [6, 6.07) is 5.23. The van der Waals surface area contributed by atoms with E-state index in [9.17, 15) is 4.79 Å². The minimum absolute atomic E-state index is 0.00310. The first kappa shape index (κ1) is 11.3. The van der Waals surface area contributed by atoms with Crippen LogP contribution in [0.25, 0.3) is 0 Å². The molecule has 0 aliphatic carbocycles. The lowest BCUT2D eigenvalue weighted by atomic mass is 10.1. The molecule has 0 N–H and O–H groups in total. The molecule has 2 rings (SSSR count). The summed E-state index contributed by atoms with van der Waals surface area (Å²) in [6.07, 6.45) is 0. The third-order valence-corrected chi connectivity index (χ3v) is 2.79. The van der Waals surface area contributed by atoms with Gasteiger partial charge in [-0.25, -0.2) is 0 Å². The maximum atomic E-state index is 12.0. The molecule has 0 saturated heterocycles. The number of fused-ring (bicyclic) bond motifs is 1. The Morgan fingerprint density at radius 3 is 3.06 bits per heavy atom. The lowest BCUT2D eigenvalue weighted by Gasteiger charge is -2.28. The smallest absolute Gasteiger partial charge is 0.260 e. The Labute approximate surface area is 102 Å².